The Labute approximate surface area is 152 Å². The van der Waals surface area contributed by atoms with E-state index in [1.165, 1.54) is 25.1 Å². The van der Waals surface area contributed by atoms with E-state index in [2.05, 4.69) is 5.32 Å². The van der Waals surface area contributed by atoms with Gasteiger partial charge in [0, 0.05) is 16.8 Å². The summed E-state index contributed by atoms with van der Waals surface area (Å²) in [5.74, 6) is -1.45. The molecule has 0 aliphatic carbocycles. The van der Waals surface area contributed by atoms with Gasteiger partial charge in [-0.1, -0.05) is 29.3 Å². The highest BCUT2D eigenvalue weighted by atomic mass is 35.5. The van der Waals surface area contributed by atoms with Crippen molar-refractivity contribution in [1.82, 2.24) is 0 Å². The van der Waals surface area contributed by atoms with Crippen molar-refractivity contribution in [2.24, 2.45) is 0 Å². The molecule has 1 N–H and O–H groups in total. The van der Waals surface area contributed by atoms with Crippen LogP contribution in [0.4, 0.5) is 11.4 Å². The SMILES string of the molecule is C[C@H](OC(=O)c1ccc(Cl)c([N+](=O)[O-])c1)C(=O)Nc1cccc(Cl)c1. The summed E-state index contributed by atoms with van der Waals surface area (Å²) in [7, 11) is 0. The fourth-order valence-electron chi connectivity index (χ4n) is 1.87. The van der Waals surface area contributed by atoms with Gasteiger partial charge in [-0.2, -0.15) is 0 Å². The minimum atomic E-state index is -1.12. The number of carbonyl (C=O) groups is 2. The van der Waals surface area contributed by atoms with Gasteiger partial charge in [0.15, 0.2) is 6.10 Å². The predicted octanol–water partition coefficient (Wildman–Crippen LogP) is 4.09. The number of rotatable bonds is 5. The van der Waals surface area contributed by atoms with Crippen molar-refractivity contribution in [3.63, 3.8) is 0 Å². The lowest BCUT2D eigenvalue weighted by Crippen LogP contribution is -2.30. The van der Waals surface area contributed by atoms with Gasteiger partial charge in [0.2, 0.25) is 0 Å². The molecule has 2 aromatic carbocycles. The van der Waals surface area contributed by atoms with Crippen LogP contribution in [0.15, 0.2) is 42.5 Å². The standard InChI is InChI=1S/C16H12Cl2N2O5/c1-9(15(21)19-12-4-2-3-11(17)8-12)25-16(22)10-5-6-13(18)14(7-10)20(23)24/h2-9H,1H3,(H,19,21)/t9-/m0/s1. The molecule has 0 aliphatic rings. The van der Waals surface area contributed by atoms with Crippen molar-refractivity contribution in [3.8, 4) is 0 Å². The van der Waals surface area contributed by atoms with E-state index >= 15 is 0 Å². The van der Waals surface area contributed by atoms with Crippen molar-refractivity contribution >= 4 is 46.5 Å². The monoisotopic (exact) mass is 382 g/mol. The van der Waals surface area contributed by atoms with Gasteiger partial charge in [-0.15, -0.1) is 0 Å². The van der Waals surface area contributed by atoms with Crippen LogP contribution in [-0.2, 0) is 9.53 Å². The Morgan fingerprint density at radius 3 is 2.56 bits per heavy atom. The second-order valence-electron chi connectivity index (χ2n) is 4.97. The number of anilines is 1. The molecule has 9 heteroatoms. The van der Waals surface area contributed by atoms with Crippen LogP contribution in [0, 0.1) is 10.1 Å². The van der Waals surface area contributed by atoms with Crippen molar-refractivity contribution in [2.45, 2.75) is 13.0 Å². The number of nitrogens with one attached hydrogen (secondary N) is 1. The van der Waals surface area contributed by atoms with Gasteiger partial charge in [0.25, 0.3) is 11.6 Å². The fraction of sp³-hybridized carbons (Fsp3) is 0.125. The van der Waals surface area contributed by atoms with E-state index in [1.807, 2.05) is 0 Å². The van der Waals surface area contributed by atoms with E-state index in [-0.39, 0.29) is 10.6 Å². The quantitative estimate of drug-likeness (QED) is 0.477. The minimum absolute atomic E-state index is 0.0847. The molecular weight excluding hydrogens is 371 g/mol. The number of nitro benzene ring substituents is 1. The third kappa shape index (κ3) is 4.91. The molecule has 0 heterocycles. The Balaban J connectivity index is 2.05. The summed E-state index contributed by atoms with van der Waals surface area (Å²) in [6.07, 6.45) is -1.12. The van der Waals surface area contributed by atoms with Crippen LogP contribution in [-0.4, -0.2) is 22.9 Å². The van der Waals surface area contributed by atoms with Crippen molar-refractivity contribution in [2.75, 3.05) is 5.32 Å². The third-order valence-corrected chi connectivity index (χ3v) is 3.68. The number of benzene rings is 2. The molecule has 0 saturated heterocycles. The smallest absolute Gasteiger partial charge is 0.339 e. The van der Waals surface area contributed by atoms with E-state index in [1.54, 1.807) is 18.2 Å². The summed E-state index contributed by atoms with van der Waals surface area (Å²) in [5.41, 5.74) is -0.0619. The zero-order valence-electron chi connectivity index (χ0n) is 12.9. The highest BCUT2D eigenvalue weighted by molar-refractivity contribution is 6.32. The molecule has 0 radical (unpaired) electrons. The van der Waals surface area contributed by atoms with Gasteiger partial charge in [0.05, 0.1) is 10.5 Å². The van der Waals surface area contributed by atoms with Gasteiger partial charge in [0.1, 0.15) is 5.02 Å². The Kier molecular flexibility index (Phi) is 5.95. The molecule has 1 atom stereocenters. The summed E-state index contributed by atoms with van der Waals surface area (Å²) >= 11 is 11.5. The first-order valence-electron chi connectivity index (χ1n) is 6.99. The maximum absolute atomic E-state index is 12.1. The normalized spacial score (nSPS) is 11.5. The maximum Gasteiger partial charge on any atom is 0.339 e. The second kappa shape index (κ2) is 7.96. The lowest BCUT2D eigenvalue weighted by Gasteiger charge is -2.13. The topological polar surface area (TPSA) is 98.5 Å². The van der Waals surface area contributed by atoms with E-state index in [0.29, 0.717) is 10.7 Å². The highest BCUT2D eigenvalue weighted by Crippen LogP contribution is 2.25. The molecule has 0 unspecified atom stereocenters. The molecule has 2 aromatic rings. The number of nitrogens with zero attached hydrogens (tertiary/aromatic N) is 1. The summed E-state index contributed by atoms with van der Waals surface area (Å²) in [4.78, 5) is 34.3. The van der Waals surface area contributed by atoms with Gasteiger partial charge in [-0.25, -0.2) is 4.79 Å². The highest BCUT2D eigenvalue weighted by Gasteiger charge is 2.22. The average Bonchev–Trinajstić information content (AvgIpc) is 2.54. The second-order valence-corrected chi connectivity index (χ2v) is 5.81. The van der Waals surface area contributed by atoms with E-state index in [9.17, 15) is 19.7 Å². The molecule has 130 valence electrons. The van der Waals surface area contributed by atoms with E-state index in [4.69, 9.17) is 27.9 Å². The van der Waals surface area contributed by atoms with Gasteiger partial charge >= 0.3 is 5.97 Å². The largest absolute Gasteiger partial charge is 0.449 e. The third-order valence-electron chi connectivity index (χ3n) is 3.12. The number of ether oxygens (including phenoxy) is 1. The first kappa shape index (κ1) is 18.7. The number of carbonyl (C=O) groups excluding carboxylic acids is 2. The summed E-state index contributed by atoms with van der Waals surface area (Å²) < 4.78 is 5.03. The van der Waals surface area contributed by atoms with Crippen molar-refractivity contribution in [3.05, 3.63) is 68.2 Å². The van der Waals surface area contributed by atoms with Crippen LogP contribution in [0.2, 0.25) is 10.0 Å². The lowest BCUT2D eigenvalue weighted by atomic mass is 10.2. The summed E-state index contributed by atoms with van der Waals surface area (Å²) in [6.45, 7) is 1.38. The van der Waals surface area contributed by atoms with Crippen LogP contribution in [0.5, 0.6) is 0 Å². The lowest BCUT2D eigenvalue weighted by molar-refractivity contribution is -0.384. The number of amides is 1. The zero-order chi connectivity index (χ0) is 18.6. The average molecular weight is 383 g/mol. The number of halogens is 2. The maximum atomic E-state index is 12.1. The Bertz CT molecular complexity index is 841. The molecule has 0 spiro atoms. The molecular formula is C16H12Cl2N2O5. The summed E-state index contributed by atoms with van der Waals surface area (Å²) in [6, 6.07) is 9.95. The van der Waals surface area contributed by atoms with Crippen molar-refractivity contribution in [1.29, 1.82) is 0 Å². The molecule has 0 aromatic heterocycles. The first-order valence-corrected chi connectivity index (χ1v) is 7.75. The molecule has 7 nitrogen and oxygen atoms in total. The summed E-state index contributed by atoms with van der Waals surface area (Å²) in [5, 5.41) is 13.7. The number of nitro groups is 1. The van der Waals surface area contributed by atoms with E-state index in [0.717, 1.165) is 6.07 Å². The molecule has 0 saturated carbocycles. The van der Waals surface area contributed by atoms with Crippen LogP contribution in [0.1, 0.15) is 17.3 Å². The molecule has 0 aliphatic heterocycles. The predicted molar refractivity (Wildman–Crippen MR) is 93.1 cm³/mol. The molecule has 2 rings (SSSR count). The number of hydrogen-bond acceptors (Lipinski definition) is 5. The van der Waals surface area contributed by atoms with Crippen LogP contribution < -0.4 is 5.32 Å². The van der Waals surface area contributed by atoms with Gasteiger partial charge in [-0.3, -0.25) is 14.9 Å². The fourth-order valence-corrected chi connectivity index (χ4v) is 2.25. The van der Waals surface area contributed by atoms with Crippen molar-refractivity contribution < 1.29 is 19.2 Å². The zero-order valence-corrected chi connectivity index (χ0v) is 14.4. The van der Waals surface area contributed by atoms with Crippen LogP contribution >= 0.6 is 23.2 Å². The Morgan fingerprint density at radius 1 is 1.20 bits per heavy atom. The van der Waals surface area contributed by atoms with Gasteiger partial charge in [-0.05, 0) is 37.3 Å². The number of esters is 1. The number of hydrogen-bond donors (Lipinski definition) is 1. The van der Waals surface area contributed by atoms with Gasteiger partial charge < -0.3 is 10.1 Å². The molecule has 1 amide bonds. The van der Waals surface area contributed by atoms with Crippen LogP contribution in [0.25, 0.3) is 0 Å². The van der Waals surface area contributed by atoms with Crippen LogP contribution in [0.3, 0.4) is 0 Å². The molecule has 0 bridgehead atoms. The molecule has 25 heavy (non-hydrogen) atoms. The Hall–Kier alpha value is -2.64. The Morgan fingerprint density at radius 2 is 1.92 bits per heavy atom. The first-order chi connectivity index (χ1) is 11.8. The minimum Gasteiger partial charge on any atom is -0.449 e. The van der Waals surface area contributed by atoms with E-state index < -0.39 is 28.6 Å². The molecule has 0 fully saturated rings.